The lowest BCUT2D eigenvalue weighted by Crippen LogP contribution is -2.45. The highest BCUT2D eigenvalue weighted by Gasteiger charge is 2.46. The molecule has 1 aromatic rings. The van der Waals surface area contributed by atoms with Crippen molar-refractivity contribution in [3.8, 4) is 5.75 Å². The monoisotopic (exact) mass is 386 g/mol. The second-order valence-electron chi connectivity index (χ2n) is 7.41. The molecular weight excluding hydrogens is 357 g/mol. The van der Waals surface area contributed by atoms with Crippen LogP contribution < -0.4 is 15.4 Å². The van der Waals surface area contributed by atoms with E-state index in [2.05, 4.69) is 17.6 Å². The molecule has 1 aliphatic carbocycles. The first-order valence-electron chi connectivity index (χ1n) is 9.59. The van der Waals surface area contributed by atoms with E-state index in [4.69, 9.17) is 4.74 Å². The molecule has 2 atom stereocenters. The predicted molar refractivity (Wildman–Crippen MR) is 98.8 cm³/mol. The van der Waals surface area contributed by atoms with Crippen LogP contribution in [0.1, 0.15) is 64.9 Å². The zero-order valence-corrected chi connectivity index (χ0v) is 16.2. The maximum Gasteiger partial charge on any atom is 0.425 e. The van der Waals surface area contributed by atoms with Crippen LogP contribution in [0.2, 0.25) is 0 Å². The summed E-state index contributed by atoms with van der Waals surface area (Å²) < 4.78 is 43.1. The van der Waals surface area contributed by atoms with Gasteiger partial charge in [-0.1, -0.05) is 38.3 Å². The van der Waals surface area contributed by atoms with Crippen molar-refractivity contribution in [1.29, 1.82) is 0 Å². The summed E-state index contributed by atoms with van der Waals surface area (Å²) in [6.45, 7) is 5.09. The van der Waals surface area contributed by atoms with Gasteiger partial charge in [-0.2, -0.15) is 13.2 Å². The van der Waals surface area contributed by atoms with Crippen LogP contribution in [0.5, 0.6) is 5.75 Å². The number of halogens is 3. The zero-order valence-electron chi connectivity index (χ0n) is 16.2. The molecule has 152 valence electrons. The summed E-state index contributed by atoms with van der Waals surface area (Å²) in [4.78, 5) is 12.3. The lowest BCUT2D eigenvalue weighted by atomic mass is 10.0. The van der Waals surface area contributed by atoms with Crippen molar-refractivity contribution in [3.05, 3.63) is 29.8 Å². The van der Waals surface area contributed by atoms with Crippen LogP contribution in [-0.2, 0) is 5.54 Å². The van der Waals surface area contributed by atoms with Gasteiger partial charge in [-0.05, 0) is 50.8 Å². The average Bonchev–Trinajstić information content (AvgIpc) is 3.35. The van der Waals surface area contributed by atoms with E-state index in [1.54, 1.807) is 12.1 Å². The molecule has 0 radical (unpaired) electrons. The molecule has 4 nitrogen and oxygen atoms in total. The largest absolute Gasteiger partial charge is 0.481 e. The van der Waals surface area contributed by atoms with Crippen molar-refractivity contribution < 1.29 is 22.7 Å². The topological polar surface area (TPSA) is 50.4 Å². The first-order chi connectivity index (χ1) is 12.7. The first-order valence-corrected chi connectivity index (χ1v) is 9.59. The lowest BCUT2D eigenvalue weighted by molar-refractivity contribution is -0.189. The number of hydrogen-bond donors (Lipinski definition) is 2. The second kappa shape index (κ2) is 8.85. The Kier molecular flexibility index (Phi) is 7.00. The van der Waals surface area contributed by atoms with E-state index < -0.39 is 17.8 Å². The van der Waals surface area contributed by atoms with Crippen LogP contribution in [0.15, 0.2) is 24.3 Å². The third-order valence-electron chi connectivity index (χ3n) is 4.88. The third-order valence-corrected chi connectivity index (χ3v) is 4.88. The van der Waals surface area contributed by atoms with Crippen LogP contribution in [0.4, 0.5) is 18.0 Å². The zero-order chi connectivity index (χ0) is 20.1. The van der Waals surface area contributed by atoms with Crippen molar-refractivity contribution >= 4 is 6.03 Å². The molecule has 1 aliphatic rings. The molecule has 0 aliphatic heterocycles. The minimum absolute atomic E-state index is 0.0784. The van der Waals surface area contributed by atoms with Crippen LogP contribution in [-0.4, -0.2) is 24.4 Å². The number of alkyl halides is 3. The summed E-state index contributed by atoms with van der Waals surface area (Å²) in [6, 6.07) is 6.38. The number of rotatable bonds is 9. The molecule has 7 heteroatoms. The van der Waals surface area contributed by atoms with E-state index in [0.717, 1.165) is 51.0 Å². The summed E-state index contributed by atoms with van der Waals surface area (Å²) in [5.74, 6) is 0.152. The quantitative estimate of drug-likeness (QED) is 0.568. The maximum absolute atomic E-state index is 12.7. The number of amides is 2. The molecule has 2 amide bonds. The van der Waals surface area contributed by atoms with E-state index in [1.807, 2.05) is 13.0 Å². The van der Waals surface area contributed by atoms with Crippen LogP contribution in [0.3, 0.4) is 0 Å². The summed E-state index contributed by atoms with van der Waals surface area (Å²) >= 11 is 0. The number of carbonyl (C=O) groups excluding carboxylic acids is 1. The van der Waals surface area contributed by atoms with Gasteiger partial charge in [-0.15, -0.1) is 0 Å². The van der Waals surface area contributed by atoms with Crippen molar-refractivity contribution in [3.63, 3.8) is 0 Å². The summed E-state index contributed by atoms with van der Waals surface area (Å²) in [5, 5.41) is 5.93. The minimum atomic E-state index is -4.42. The number of carbonyl (C=O) groups is 1. The van der Waals surface area contributed by atoms with Gasteiger partial charge >= 0.3 is 12.2 Å². The Morgan fingerprint density at radius 1 is 1.26 bits per heavy atom. The van der Waals surface area contributed by atoms with E-state index in [-0.39, 0.29) is 17.8 Å². The standard InChI is InChI=1S/C20H29F3N2O2/c1-4-5-6-8-14(2)24-18(26)25-19(11-12-19)16-9-7-10-17(13-16)27-15(3)20(21,22)23/h7,9-10,13-15H,4-6,8,11-12H2,1-3H3,(H2,24,25,26). The lowest BCUT2D eigenvalue weighted by Gasteiger charge is -2.22. The highest BCUT2D eigenvalue weighted by Crippen LogP contribution is 2.46. The first kappa shape index (κ1) is 21.4. The number of hydrogen-bond acceptors (Lipinski definition) is 2. The molecule has 0 spiro atoms. The molecule has 1 aromatic carbocycles. The molecule has 2 N–H and O–H groups in total. The molecule has 2 unspecified atom stereocenters. The number of nitrogens with one attached hydrogen (secondary N) is 2. The Hall–Kier alpha value is -1.92. The van der Waals surface area contributed by atoms with E-state index >= 15 is 0 Å². The Labute approximate surface area is 158 Å². The number of unbranched alkanes of at least 4 members (excludes halogenated alkanes) is 2. The van der Waals surface area contributed by atoms with Crippen LogP contribution in [0, 0.1) is 0 Å². The van der Waals surface area contributed by atoms with Gasteiger partial charge < -0.3 is 15.4 Å². The number of ether oxygens (including phenoxy) is 1. The van der Waals surface area contributed by atoms with Gasteiger partial charge in [0, 0.05) is 6.04 Å². The highest BCUT2D eigenvalue weighted by molar-refractivity contribution is 5.76. The average molecular weight is 386 g/mol. The van der Waals surface area contributed by atoms with Gasteiger partial charge in [0.15, 0.2) is 6.10 Å². The molecule has 0 aromatic heterocycles. The van der Waals surface area contributed by atoms with Gasteiger partial charge in [-0.25, -0.2) is 4.79 Å². The van der Waals surface area contributed by atoms with Crippen LogP contribution in [0.25, 0.3) is 0 Å². The van der Waals surface area contributed by atoms with Crippen molar-refractivity contribution in [2.24, 2.45) is 0 Å². The van der Waals surface area contributed by atoms with E-state index in [1.165, 1.54) is 6.07 Å². The molecule has 0 saturated heterocycles. The molecule has 2 rings (SSSR count). The normalized spacial score (nSPS) is 17.7. The molecule has 0 heterocycles. The van der Waals surface area contributed by atoms with Crippen molar-refractivity contribution in [2.75, 3.05) is 0 Å². The molecular formula is C20H29F3N2O2. The Morgan fingerprint density at radius 3 is 2.56 bits per heavy atom. The molecule has 27 heavy (non-hydrogen) atoms. The molecule has 0 bridgehead atoms. The van der Waals surface area contributed by atoms with Gasteiger partial charge in [0.2, 0.25) is 0 Å². The fourth-order valence-corrected chi connectivity index (χ4v) is 3.00. The SMILES string of the molecule is CCCCCC(C)NC(=O)NC1(c2cccc(OC(C)C(F)(F)F)c2)CC1. The second-order valence-corrected chi connectivity index (χ2v) is 7.41. The van der Waals surface area contributed by atoms with E-state index in [9.17, 15) is 18.0 Å². The van der Waals surface area contributed by atoms with Gasteiger partial charge in [-0.3, -0.25) is 0 Å². The van der Waals surface area contributed by atoms with Crippen molar-refractivity contribution in [2.45, 2.75) is 83.2 Å². The van der Waals surface area contributed by atoms with E-state index in [0.29, 0.717) is 0 Å². The smallest absolute Gasteiger partial charge is 0.425 e. The van der Waals surface area contributed by atoms with Crippen LogP contribution >= 0.6 is 0 Å². The summed E-state index contributed by atoms with van der Waals surface area (Å²) in [6.07, 6.45) is -0.533. The Bertz CT molecular complexity index is 630. The van der Waals surface area contributed by atoms with Gasteiger partial charge in [0.1, 0.15) is 5.75 Å². The summed E-state index contributed by atoms with van der Waals surface area (Å²) in [5.41, 5.74) is 0.247. The Balaban J connectivity index is 1.95. The summed E-state index contributed by atoms with van der Waals surface area (Å²) in [7, 11) is 0. The predicted octanol–water partition coefficient (Wildman–Crippen LogP) is 5.27. The molecule has 1 saturated carbocycles. The number of benzene rings is 1. The minimum Gasteiger partial charge on any atom is -0.481 e. The van der Waals surface area contributed by atoms with Crippen molar-refractivity contribution in [1.82, 2.24) is 10.6 Å². The fraction of sp³-hybridized carbons (Fsp3) is 0.650. The third kappa shape index (κ3) is 6.33. The molecule has 1 fully saturated rings. The number of urea groups is 1. The van der Waals surface area contributed by atoms with Gasteiger partial charge in [0.25, 0.3) is 0 Å². The highest BCUT2D eigenvalue weighted by atomic mass is 19.4. The Morgan fingerprint density at radius 2 is 1.96 bits per heavy atom. The maximum atomic E-state index is 12.7. The fourth-order valence-electron chi connectivity index (χ4n) is 3.00. The van der Waals surface area contributed by atoms with Gasteiger partial charge in [0.05, 0.1) is 5.54 Å².